The number of amides is 1. The van der Waals surface area contributed by atoms with Gasteiger partial charge in [-0.15, -0.1) is 0 Å². The smallest absolute Gasteiger partial charge is 0.313 e. The van der Waals surface area contributed by atoms with Crippen molar-refractivity contribution in [2.45, 2.75) is 58.4 Å². The van der Waals surface area contributed by atoms with Gasteiger partial charge in [0.1, 0.15) is 0 Å². The number of benzene rings is 1. The number of nitrogens with zero attached hydrogens (tertiary/aromatic N) is 3. The Morgan fingerprint density at radius 1 is 1.19 bits per heavy atom. The van der Waals surface area contributed by atoms with Gasteiger partial charge >= 0.3 is 5.97 Å². The van der Waals surface area contributed by atoms with Crippen LogP contribution < -0.4 is 10.2 Å². The largest absolute Gasteiger partial charge is 0.420 e. The number of hydrogen-bond acceptors (Lipinski definition) is 5. The van der Waals surface area contributed by atoms with Crippen LogP contribution in [0.5, 0.6) is 5.75 Å². The SMILES string of the molecule is C=C1/C=C\C=C/CC([C@H]2CN(CCC)C(=O)c3c(OC(=O)C(C)C)c(=O)cnn32)c2ccccc2CC1. The molecule has 2 atom stereocenters. The molecule has 1 unspecified atom stereocenters. The highest BCUT2D eigenvalue weighted by molar-refractivity contribution is 5.96. The normalized spacial score (nSPS) is 21.6. The number of aryl methyl sites for hydroxylation is 1. The Hall–Kier alpha value is -3.74. The number of rotatable bonds is 5. The number of allylic oxidation sites excluding steroid dienone is 5. The van der Waals surface area contributed by atoms with Crippen molar-refractivity contribution in [2.75, 3.05) is 13.1 Å². The van der Waals surface area contributed by atoms with Gasteiger partial charge in [0.15, 0.2) is 5.69 Å². The molecule has 4 rings (SSSR count). The summed E-state index contributed by atoms with van der Waals surface area (Å²) in [5, 5.41) is 4.45. The van der Waals surface area contributed by atoms with Gasteiger partial charge in [0.2, 0.25) is 11.2 Å². The van der Waals surface area contributed by atoms with Crippen LogP contribution >= 0.6 is 0 Å². The van der Waals surface area contributed by atoms with E-state index in [0.29, 0.717) is 19.5 Å². The van der Waals surface area contributed by atoms with Crippen LogP contribution in [0.2, 0.25) is 0 Å². The maximum Gasteiger partial charge on any atom is 0.313 e. The van der Waals surface area contributed by atoms with Gasteiger partial charge in [-0.3, -0.25) is 19.1 Å². The van der Waals surface area contributed by atoms with Gasteiger partial charge in [0.05, 0.1) is 18.2 Å². The predicted molar refractivity (Wildman–Crippen MR) is 144 cm³/mol. The number of fused-ring (bicyclic) bond motifs is 2. The zero-order chi connectivity index (χ0) is 26.5. The molecule has 0 N–H and O–H groups in total. The molecule has 0 radical (unpaired) electrons. The lowest BCUT2D eigenvalue weighted by molar-refractivity contribution is -0.137. The summed E-state index contributed by atoms with van der Waals surface area (Å²) in [6, 6.07) is 8.12. The van der Waals surface area contributed by atoms with Crippen LogP contribution in [-0.2, 0) is 11.2 Å². The van der Waals surface area contributed by atoms with Crippen LogP contribution in [0.25, 0.3) is 0 Å². The molecule has 7 nitrogen and oxygen atoms in total. The molecule has 2 heterocycles. The first-order valence-electron chi connectivity index (χ1n) is 13.0. The fraction of sp³-hybridized carbons (Fsp3) is 0.400. The van der Waals surface area contributed by atoms with E-state index in [1.807, 2.05) is 37.3 Å². The van der Waals surface area contributed by atoms with Crippen LogP contribution in [0.15, 0.2) is 71.7 Å². The van der Waals surface area contributed by atoms with Crippen LogP contribution in [0.3, 0.4) is 0 Å². The lowest BCUT2D eigenvalue weighted by atomic mass is 9.83. The molecule has 0 saturated carbocycles. The monoisotopic (exact) mass is 501 g/mol. The number of ether oxygens (including phenoxy) is 1. The first-order valence-corrected chi connectivity index (χ1v) is 13.0. The molecule has 0 bridgehead atoms. The van der Waals surface area contributed by atoms with Crippen LogP contribution in [0.1, 0.15) is 73.6 Å². The minimum absolute atomic E-state index is 0.0259. The van der Waals surface area contributed by atoms with E-state index < -0.39 is 17.3 Å². The van der Waals surface area contributed by atoms with Gasteiger partial charge in [-0.1, -0.05) is 81.5 Å². The Balaban J connectivity index is 1.89. The summed E-state index contributed by atoms with van der Waals surface area (Å²) in [5.74, 6) is -1.60. The lowest BCUT2D eigenvalue weighted by Crippen LogP contribution is -2.47. The average molecular weight is 502 g/mol. The highest BCUT2D eigenvalue weighted by atomic mass is 16.5. The second-order valence-electron chi connectivity index (χ2n) is 10.0. The van der Waals surface area contributed by atoms with E-state index in [0.717, 1.165) is 31.0 Å². The lowest BCUT2D eigenvalue weighted by Gasteiger charge is -2.39. The third-order valence-corrected chi connectivity index (χ3v) is 6.95. The van der Waals surface area contributed by atoms with Crippen molar-refractivity contribution in [3.63, 3.8) is 0 Å². The van der Waals surface area contributed by atoms with Gasteiger partial charge in [0.25, 0.3) is 5.91 Å². The van der Waals surface area contributed by atoms with Crippen LogP contribution in [-0.4, -0.2) is 39.6 Å². The predicted octanol–water partition coefficient (Wildman–Crippen LogP) is 5.00. The van der Waals surface area contributed by atoms with Crippen molar-refractivity contribution in [3.8, 4) is 5.75 Å². The molecule has 1 aliphatic heterocycles. The number of hydrogen-bond donors (Lipinski definition) is 0. The van der Waals surface area contributed by atoms with Gasteiger partial charge < -0.3 is 9.64 Å². The number of carbonyl (C=O) groups excluding carboxylic acids is 2. The average Bonchev–Trinajstić information content (AvgIpc) is 2.91. The Labute approximate surface area is 218 Å². The summed E-state index contributed by atoms with van der Waals surface area (Å²) < 4.78 is 7.15. The molecule has 7 heteroatoms. The Morgan fingerprint density at radius 2 is 1.97 bits per heavy atom. The minimum atomic E-state index is -0.572. The molecule has 2 aliphatic rings. The molecule has 0 fully saturated rings. The summed E-state index contributed by atoms with van der Waals surface area (Å²) in [6.07, 6.45) is 12.5. The number of esters is 1. The third-order valence-electron chi connectivity index (χ3n) is 6.95. The van der Waals surface area contributed by atoms with Crippen molar-refractivity contribution in [2.24, 2.45) is 5.92 Å². The van der Waals surface area contributed by atoms with E-state index in [4.69, 9.17) is 4.74 Å². The van der Waals surface area contributed by atoms with Crippen molar-refractivity contribution in [1.82, 2.24) is 14.7 Å². The summed E-state index contributed by atoms with van der Waals surface area (Å²) in [6.45, 7) is 10.5. The van der Waals surface area contributed by atoms with E-state index in [-0.39, 0.29) is 29.3 Å². The zero-order valence-electron chi connectivity index (χ0n) is 21.9. The second-order valence-corrected chi connectivity index (χ2v) is 10.0. The Kier molecular flexibility index (Phi) is 8.21. The Morgan fingerprint density at radius 3 is 2.73 bits per heavy atom. The third kappa shape index (κ3) is 5.66. The molecule has 1 aliphatic carbocycles. The number of carbonyl (C=O) groups is 2. The molecule has 2 aromatic rings. The summed E-state index contributed by atoms with van der Waals surface area (Å²) in [5.41, 5.74) is 2.96. The molecule has 1 amide bonds. The standard InChI is InChI=1S/C30H35N3O4/c1-5-17-32-19-25(33-27(29(32)35)28(26(34)18-31-33)37-30(36)20(2)3)24-14-8-6-7-11-21(4)15-16-22-12-9-10-13-23(22)24/h6-13,18,20,24-25H,4-5,14-17,19H2,1-3H3/b8-6-,11-7-/t24?,25-/m1/s1. The Bertz CT molecular complexity index is 1300. The molecule has 194 valence electrons. The van der Waals surface area contributed by atoms with E-state index in [1.54, 1.807) is 23.4 Å². The second kappa shape index (κ2) is 11.5. The first-order chi connectivity index (χ1) is 17.8. The van der Waals surface area contributed by atoms with E-state index in [1.165, 1.54) is 11.1 Å². The van der Waals surface area contributed by atoms with Crippen LogP contribution in [0, 0.1) is 5.92 Å². The van der Waals surface area contributed by atoms with Crippen molar-refractivity contribution < 1.29 is 14.3 Å². The van der Waals surface area contributed by atoms with Crippen LogP contribution in [0.4, 0.5) is 0 Å². The van der Waals surface area contributed by atoms with Crippen molar-refractivity contribution >= 4 is 11.9 Å². The van der Waals surface area contributed by atoms with E-state index in [2.05, 4.69) is 29.9 Å². The highest BCUT2D eigenvalue weighted by Crippen LogP contribution is 2.39. The van der Waals surface area contributed by atoms with Gasteiger partial charge in [0, 0.05) is 19.0 Å². The molecular formula is C30H35N3O4. The number of aromatic nitrogens is 2. The van der Waals surface area contributed by atoms with Gasteiger partial charge in [-0.05, 0) is 36.8 Å². The quantitative estimate of drug-likeness (QED) is 0.539. The molecular weight excluding hydrogens is 466 g/mol. The van der Waals surface area contributed by atoms with Gasteiger partial charge in [-0.2, -0.15) is 5.10 Å². The topological polar surface area (TPSA) is 81.5 Å². The summed E-state index contributed by atoms with van der Waals surface area (Å²) in [7, 11) is 0. The van der Waals surface area contributed by atoms with Crippen molar-refractivity contribution in [3.05, 3.63) is 94.0 Å². The zero-order valence-corrected chi connectivity index (χ0v) is 21.9. The maximum atomic E-state index is 13.6. The van der Waals surface area contributed by atoms with Crippen molar-refractivity contribution in [1.29, 1.82) is 0 Å². The molecule has 37 heavy (non-hydrogen) atoms. The first kappa shape index (κ1) is 26.3. The summed E-state index contributed by atoms with van der Waals surface area (Å²) in [4.78, 5) is 40.7. The fourth-order valence-corrected chi connectivity index (χ4v) is 5.00. The fourth-order valence-electron chi connectivity index (χ4n) is 5.00. The van der Waals surface area contributed by atoms with E-state index in [9.17, 15) is 14.4 Å². The molecule has 1 aromatic carbocycles. The highest BCUT2D eigenvalue weighted by Gasteiger charge is 2.39. The maximum absolute atomic E-state index is 13.6. The molecule has 0 spiro atoms. The molecule has 0 saturated heterocycles. The molecule has 1 aromatic heterocycles. The van der Waals surface area contributed by atoms with Gasteiger partial charge in [-0.25, -0.2) is 0 Å². The van der Waals surface area contributed by atoms with E-state index >= 15 is 0 Å². The minimum Gasteiger partial charge on any atom is -0.420 e. The summed E-state index contributed by atoms with van der Waals surface area (Å²) >= 11 is 0.